The summed E-state index contributed by atoms with van der Waals surface area (Å²) in [5.41, 5.74) is 0. The van der Waals surface area contributed by atoms with Gasteiger partial charge in [0.05, 0.1) is 0 Å². The lowest BCUT2D eigenvalue weighted by Gasteiger charge is -2.29. The number of hydrogen-bond donors (Lipinski definition) is 1. The molecule has 0 radical (unpaired) electrons. The van der Waals surface area contributed by atoms with Crippen LogP contribution in [0.2, 0.25) is 0 Å². The minimum Gasteiger partial charge on any atom is -0.341 e. The van der Waals surface area contributed by atoms with Crippen LogP contribution < -0.4 is 5.32 Å². The third kappa shape index (κ3) is 3.80. The predicted molar refractivity (Wildman–Crippen MR) is 86.1 cm³/mol. The topological polar surface area (TPSA) is 32.3 Å². The molecule has 4 atom stereocenters. The van der Waals surface area contributed by atoms with Crippen molar-refractivity contribution in [2.45, 2.75) is 70.8 Å². The van der Waals surface area contributed by atoms with Crippen molar-refractivity contribution in [2.75, 3.05) is 19.6 Å². The van der Waals surface area contributed by atoms with Gasteiger partial charge in [0.2, 0.25) is 5.91 Å². The first-order chi connectivity index (χ1) is 10.3. The maximum absolute atomic E-state index is 12.8. The minimum atomic E-state index is 0.440. The van der Waals surface area contributed by atoms with Crippen LogP contribution in [0.15, 0.2) is 0 Å². The van der Waals surface area contributed by atoms with Crippen LogP contribution in [0.5, 0.6) is 0 Å². The Labute approximate surface area is 129 Å². The molecule has 0 aromatic heterocycles. The molecule has 120 valence electrons. The molecule has 3 fully saturated rings. The quantitative estimate of drug-likeness (QED) is 0.781. The van der Waals surface area contributed by atoms with Crippen LogP contribution in [0.3, 0.4) is 0 Å². The number of carbonyl (C=O) groups is 1. The van der Waals surface area contributed by atoms with Gasteiger partial charge in [-0.25, -0.2) is 0 Å². The number of nitrogens with zero attached hydrogens (tertiary/aromatic N) is 1. The fraction of sp³-hybridized carbons (Fsp3) is 0.944. The molecule has 1 aliphatic heterocycles. The van der Waals surface area contributed by atoms with Gasteiger partial charge in [-0.2, -0.15) is 0 Å². The SMILES string of the molecule is CCCCN(CC1CCCN1)C(=O)CC1CC2CCC1C2. The smallest absolute Gasteiger partial charge is 0.222 e. The minimum absolute atomic E-state index is 0.440. The summed E-state index contributed by atoms with van der Waals surface area (Å²) in [7, 11) is 0. The molecule has 0 spiro atoms. The zero-order chi connectivity index (χ0) is 14.7. The predicted octanol–water partition coefficient (Wildman–Crippen LogP) is 3.19. The Balaban J connectivity index is 1.52. The normalized spacial score (nSPS) is 34.5. The summed E-state index contributed by atoms with van der Waals surface area (Å²) < 4.78 is 0. The molecule has 3 nitrogen and oxygen atoms in total. The Morgan fingerprint density at radius 1 is 1.24 bits per heavy atom. The number of carbonyl (C=O) groups excluding carboxylic acids is 1. The second-order valence-corrected chi connectivity index (χ2v) is 7.63. The molecule has 2 aliphatic carbocycles. The van der Waals surface area contributed by atoms with Gasteiger partial charge in [0, 0.05) is 25.6 Å². The zero-order valence-corrected chi connectivity index (χ0v) is 13.7. The van der Waals surface area contributed by atoms with Gasteiger partial charge in [-0.3, -0.25) is 4.79 Å². The van der Waals surface area contributed by atoms with Gasteiger partial charge in [0.25, 0.3) is 0 Å². The number of amides is 1. The molecule has 0 aromatic rings. The maximum Gasteiger partial charge on any atom is 0.222 e. The molecular formula is C18H32N2O. The van der Waals surface area contributed by atoms with Crippen LogP contribution >= 0.6 is 0 Å². The monoisotopic (exact) mass is 292 g/mol. The number of hydrogen-bond acceptors (Lipinski definition) is 2. The summed E-state index contributed by atoms with van der Waals surface area (Å²) in [6.07, 6.45) is 11.2. The highest BCUT2D eigenvalue weighted by Crippen LogP contribution is 2.49. The van der Waals surface area contributed by atoms with E-state index in [2.05, 4.69) is 17.1 Å². The average Bonchev–Trinajstić information content (AvgIpc) is 3.20. The van der Waals surface area contributed by atoms with Crippen molar-refractivity contribution in [1.29, 1.82) is 0 Å². The molecule has 1 amide bonds. The standard InChI is InChI=1S/C18H32N2O/c1-2-3-9-20(13-17-5-4-8-19-17)18(21)12-16-11-14-6-7-15(16)10-14/h14-17,19H,2-13H2,1H3. The molecule has 1 heterocycles. The molecule has 2 saturated carbocycles. The van der Waals surface area contributed by atoms with E-state index >= 15 is 0 Å². The Bertz CT molecular complexity index is 351. The number of unbranched alkanes of at least 4 members (excludes halogenated alkanes) is 1. The molecule has 1 saturated heterocycles. The van der Waals surface area contributed by atoms with Crippen molar-refractivity contribution in [3.63, 3.8) is 0 Å². The van der Waals surface area contributed by atoms with Gasteiger partial charge >= 0.3 is 0 Å². The molecule has 4 unspecified atom stereocenters. The Morgan fingerprint density at radius 2 is 2.14 bits per heavy atom. The van der Waals surface area contributed by atoms with Gasteiger partial charge in [-0.15, -0.1) is 0 Å². The lowest BCUT2D eigenvalue weighted by atomic mass is 9.86. The van der Waals surface area contributed by atoms with E-state index in [1.807, 2.05) is 0 Å². The lowest BCUT2D eigenvalue weighted by molar-refractivity contribution is -0.133. The number of rotatable bonds is 7. The van der Waals surface area contributed by atoms with Gasteiger partial charge in [-0.1, -0.05) is 19.8 Å². The number of nitrogens with one attached hydrogen (secondary N) is 1. The van der Waals surface area contributed by atoms with Crippen LogP contribution in [0, 0.1) is 17.8 Å². The van der Waals surface area contributed by atoms with Crippen molar-refractivity contribution in [3.05, 3.63) is 0 Å². The molecule has 2 bridgehead atoms. The van der Waals surface area contributed by atoms with Crippen molar-refractivity contribution in [3.8, 4) is 0 Å². The highest BCUT2D eigenvalue weighted by Gasteiger charge is 2.40. The molecular weight excluding hydrogens is 260 g/mol. The summed E-state index contributed by atoms with van der Waals surface area (Å²) in [6.45, 7) is 5.26. The first kappa shape index (κ1) is 15.3. The summed E-state index contributed by atoms with van der Waals surface area (Å²) in [4.78, 5) is 14.9. The second kappa shape index (κ2) is 7.13. The molecule has 21 heavy (non-hydrogen) atoms. The van der Waals surface area contributed by atoms with Crippen LogP contribution in [0.4, 0.5) is 0 Å². The van der Waals surface area contributed by atoms with E-state index in [0.717, 1.165) is 44.3 Å². The summed E-state index contributed by atoms with van der Waals surface area (Å²) >= 11 is 0. The van der Waals surface area contributed by atoms with Crippen molar-refractivity contribution < 1.29 is 4.79 Å². The first-order valence-corrected chi connectivity index (χ1v) is 9.27. The van der Waals surface area contributed by atoms with Crippen LogP contribution in [0.25, 0.3) is 0 Å². The van der Waals surface area contributed by atoms with E-state index in [1.165, 1.54) is 44.9 Å². The molecule has 3 heteroatoms. The van der Waals surface area contributed by atoms with Gasteiger partial charge in [-0.05, 0) is 62.8 Å². The van der Waals surface area contributed by atoms with Crippen molar-refractivity contribution in [2.24, 2.45) is 17.8 Å². The summed E-state index contributed by atoms with van der Waals surface area (Å²) in [5.74, 6) is 2.97. The van der Waals surface area contributed by atoms with E-state index < -0.39 is 0 Å². The first-order valence-electron chi connectivity index (χ1n) is 9.27. The van der Waals surface area contributed by atoms with E-state index in [4.69, 9.17) is 0 Å². The fourth-order valence-electron chi connectivity index (χ4n) is 4.83. The van der Waals surface area contributed by atoms with Crippen LogP contribution in [0.1, 0.15) is 64.7 Å². The van der Waals surface area contributed by atoms with Crippen molar-refractivity contribution in [1.82, 2.24) is 10.2 Å². The van der Waals surface area contributed by atoms with Crippen molar-refractivity contribution >= 4 is 5.91 Å². The second-order valence-electron chi connectivity index (χ2n) is 7.63. The van der Waals surface area contributed by atoms with Crippen LogP contribution in [-0.4, -0.2) is 36.5 Å². The van der Waals surface area contributed by atoms with E-state index in [0.29, 0.717) is 17.9 Å². The van der Waals surface area contributed by atoms with Gasteiger partial charge in [0.15, 0.2) is 0 Å². The zero-order valence-electron chi connectivity index (χ0n) is 13.7. The molecule has 3 rings (SSSR count). The lowest BCUT2D eigenvalue weighted by Crippen LogP contribution is -2.42. The highest BCUT2D eigenvalue weighted by atomic mass is 16.2. The Morgan fingerprint density at radius 3 is 2.76 bits per heavy atom. The summed E-state index contributed by atoms with van der Waals surface area (Å²) in [5, 5.41) is 3.55. The maximum atomic E-state index is 12.8. The van der Waals surface area contributed by atoms with E-state index in [9.17, 15) is 4.79 Å². The van der Waals surface area contributed by atoms with Crippen LogP contribution in [-0.2, 0) is 4.79 Å². The highest BCUT2D eigenvalue weighted by molar-refractivity contribution is 5.76. The van der Waals surface area contributed by atoms with E-state index in [-0.39, 0.29) is 0 Å². The fourth-order valence-corrected chi connectivity index (χ4v) is 4.83. The van der Waals surface area contributed by atoms with Gasteiger partial charge < -0.3 is 10.2 Å². The molecule has 0 aromatic carbocycles. The average molecular weight is 292 g/mol. The Hall–Kier alpha value is -0.570. The third-order valence-electron chi connectivity index (χ3n) is 6.06. The summed E-state index contributed by atoms with van der Waals surface area (Å²) in [6, 6.07) is 0.547. The third-order valence-corrected chi connectivity index (χ3v) is 6.06. The molecule has 1 N–H and O–H groups in total. The largest absolute Gasteiger partial charge is 0.341 e. The number of fused-ring (bicyclic) bond motifs is 2. The van der Waals surface area contributed by atoms with Gasteiger partial charge in [0.1, 0.15) is 0 Å². The molecule has 3 aliphatic rings. The van der Waals surface area contributed by atoms with E-state index in [1.54, 1.807) is 0 Å². The Kier molecular flexibility index (Phi) is 5.20.